The van der Waals surface area contributed by atoms with Crippen LogP contribution in [-0.4, -0.2) is 35.1 Å². The number of benzene rings is 1. The largest absolute Gasteiger partial charge is 0.481 e. The van der Waals surface area contributed by atoms with Gasteiger partial charge in [0.15, 0.2) is 0 Å². The Labute approximate surface area is 118 Å². The first-order valence-corrected chi connectivity index (χ1v) is 6.85. The Bertz CT molecular complexity index is 453. The lowest BCUT2D eigenvalue weighted by Crippen LogP contribution is -2.46. The number of carbonyl (C=O) groups is 1. The van der Waals surface area contributed by atoms with Crippen LogP contribution in [0.25, 0.3) is 0 Å². The molecule has 0 amide bonds. The van der Waals surface area contributed by atoms with Gasteiger partial charge in [0.2, 0.25) is 0 Å². The number of carboxylic acids is 1. The van der Waals surface area contributed by atoms with Crippen molar-refractivity contribution < 1.29 is 9.90 Å². The summed E-state index contributed by atoms with van der Waals surface area (Å²) in [4.78, 5) is 13.0. The summed E-state index contributed by atoms with van der Waals surface area (Å²) in [6.07, 6.45) is 0.984. The van der Waals surface area contributed by atoms with E-state index in [0.717, 1.165) is 36.6 Å². The minimum absolute atomic E-state index is 0.0530. The van der Waals surface area contributed by atoms with Gasteiger partial charge in [0.1, 0.15) is 0 Å². The van der Waals surface area contributed by atoms with Crippen molar-refractivity contribution in [2.24, 2.45) is 11.7 Å². The highest BCUT2D eigenvalue weighted by molar-refractivity contribution is 6.30. The summed E-state index contributed by atoms with van der Waals surface area (Å²) in [7, 11) is 0. The van der Waals surface area contributed by atoms with Crippen LogP contribution in [0, 0.1) is 5.92 Å². The normalized spacial score (nSPS) is 24.3. The average molecular weight is 283 g/mol. The molecule has 0 aromatic heterocycles. The molecule has 0 bridgehead atoms. The predicted molar refractivity (Wildman–Crippen MR) is 75.1 cm³/mol. The molecule has 2 rings (SSSR count). The van der Waals surface area contributed by atoms with E-state index in [-0.39, 0.29) is 18.4 Å². The first kappa shape index (κ1) is 14.3. The van der Waals surface area contributed by atoms with Crippen molar-refractivity contribution in [3.63, 3.8) is 0 Å². The molecule has 1 aliphatic heterocycles. The second kappa shape index (κ2) is 6.37. The second-order valence-corrected chi connectivity index (χ2v) is 5.72. The van der Waals surface area contributed by atoms with Crippen LogP contribution in [-0.2, 0) is 11.3 Å². The molecular weight excluding hydrogens is 264 g/mol. The molecule has 2 unspecified atom stereocenters. The van der Waals surface area contributed by atoms with Gasteiger partial charge in [0, 0.05) is 37.1 Å². The summed E-state index contributed by atoms with van der Waals surface area (Å²) in [5.41, 5.74) is 7.15. The summed E-state index contributed by atoms with van der Waals surface area (Å²) in [5.74, 6) is -0.609. The summed E-state index contributed by atoms with van der Waals surface area (Å²) in [6, 6.07) is 7.79. The zero-order valence-electron chi connectivity index (χ0n) is 10.8. The monoisotopic (exact) mass is 282 g/mol. The van der Waals surface area contributed by atoms with Gasteiger partial charge in [-0.05, 0) is 30.0 Å². The molecule has 104 valence electrons. The van der Waals surface area contributed by atoms with Crippen molar-refractivity contribution in [1.82, 2.24) is 4.90 Å². The quantitative estimate of drug-likeness (QED) is 0.886. The Balaban J connectivity index is 1.97. The van der Waals surface area contributed by atoms with Gasteiger partial charge < -0.3 is 10.8 Å². The van der Waals surface area contributed by atoms with Crippen molar-refractivity contribution in [3.8, 4) is 0 Å². The van der Waals surface area contributed by atoms with Crippen LogP contribution < -0.4 is 5.73 Å². The van der Waals surface area contributed by atoms with E-state index < -0.39 is 5.97 Å². The molecule has 1 aromatic carbocycles. The van der Waals surface area contributed by atoms with E-state index in [1.54, 1.807) is 0 Å². The molecule has 3 N–H and O–H groups in total. The van der Waals surface area contributed by atoms with E-state index in [2.05, 4.69) is 4.90 Å². The minimum Gasteiger partial charge on any atom is -0.481 e. The number of carboxylic acid groups (broad SMARTS) is 1. The molecule has 2 atom stereocenters. The number of halogens is 1. The highest BCUT2D eigenvalue weighted by Gasteiger charge is 2.26. The Morgan fingerprint density at radius 1 is 1.47 bits per heavy atom. The fourth-order valence-electron chi connectivity index (χ4n) is 2.77. The van der Waals surface area contributed by atoms with Gasteiger partial charge in [-0.15, -0.1) is 0 Å². The van der Waals surface area contributed by atoms with E-state index in [1.165, 1.54) is 0 Å². The summed E-state index contributed by atoms with van der Waals surface area (Å²) < 4.78 is 0. The van der Waals surface area contributed by atoms with Crippen molar-refractivity contribution in [2.45, 2.75) is 25.4 Å². The maximum absolute atomic E-state index is 10.8. The molecule has 4 nitrogen and oxygen atoms in total. The predicted octanol–water partition coefficient (Wildman–Crippen LogP) is 1.96. The van der Waals surface area contributed by atoms with Crippen molar-refractivity contribution in [2.75, 3.05) is 13.1 Å². The van der Waals surface area contributed by atoms with E-state index in [1.807, 2.05) is 24.3 Å². The Morgan fingerprint density at radius 3 is 2.95 bits per heavy atom. The summed E-state index contributed by atoms with van der Waals surface area (Å²) in [6.45, 7) is 2.36. The van der Waals surface area contributed by atoms with Crippen LogP contribution in [0.2, 0.25) is 5.02 Å². The smallest absolute Gasteiger partial charge is 0.303 e. The molecule has 19 heavy (non-hydrogen) atoms. The van der Waals surface area contributed by atoms with Gasteiger partial charge in [0.25, 0.3) is 0 Å². The van der Waals surface area contributed by atoms with E-state index in [0.29, 0.717) is 0 Å². The van der Waals surface area contributed by atoms with Crippen molar-refractivity contribution in [1.29, 1.82) is 0 Å². The molecule has 0 aliphatic carbocycles. The minimum atomic E-state index is -0.748. The number of piperidine rings is 1. The highest BCUT2D eigenvalue weighted by Crippen LogP contribution is 2.21. The van der Waals surface area contributed by atoms with Gasteiger partial charge in [-0.2, -0.15) is 0 Å². The third-order valence-electron chi connectivity index (χ3n) is 3.40. The van der Waals surface area contributed by atoms with Gasteiger partial charge in [-0.1, -0.05) is 23.7 Å². The summed E-state index contributed by atoms with van der Waals surface area (Å²) >= 11 is 5.97. The molecule has 1 aliphatic rings. The molecular formula is C14H19ClN2O2. The number of aliphatic carboxylic acids is 1. The molecule has 5 heteroatoms. The van der Waals surface area contributed by atoms with E-state index in [4.69, 9.17) is 22.4 Å². The Kier molecular flexibility index (Phi) is 4.80. The molecule has 0 spiro atoms. The lowest BCUT2D eigenvalue weighted by Gasteiger charge is -2.35. The van der Waals surface area contributed by atoms with Gasteiger partial charge in [-0.3, -0.25) is 9.69 Å². The van der Waals surface area contributed by atoms with Crippen LogP contribution in [0.1, 0.15) is 18.4 Å². The van der Waals surface area contributed by atoms with Gasteiger partial charge in [0.05, 0.1) is 0 Å². The number of hydrogen-bond acceptors (Lipinski definition) is 3. The lowest BCUT2D eigenvalue weighted by atomic mass is 9.91. The van der Waals surface area contributed by atoms with Gasteiger partial charge >= 0.3 is 5.97 Å². The average Bonchev–Trinajstić information content (AvgIpc) is 2.26. The van der Waals surface area contributed by atoms with Crippen LogP contribution in [0.4, 0.5) is 0 Å². The highest BCUT2D eigenvalue weighted by atomic mass is 35.5. The van der Waals surface area contributed by atoms with Crippen LogP contribution in [0.15, 0.2) is 24.3 Å². The third kappa shape index (κ3) is 4.49. The number of hydrogen-bond donors (Lipinski definition) is 2. The fraction of sp³-hybridized carbons (Fsp3) is 0.500. The number of rotatable bonds is 4. The zero-order chi connectivity index (χ0) is 13.8. The molecule has 0 radical (unpaired) electrons. The molecule has 1 fully saturated rings. The standard InChI is InChI=1S/C14H19ClN2O2/c15-12-3-1-2-10(4-12)7-17-8-11(6-14(18)19)5-13(16)9-17/h1-4,11,13H,5-9,16H2,(H,18,19). The van der Waals surface area contributed by atoms with Crippen LogP contribution in [0.5, 0.6) is 0 Å². The fourth-order valence-corrected chi connectivity index (χ4v) is 2.98. The Hall–Kier alpha value is -1.10. The van der Waals surface area contributed by atoms with Crippen LogP contribution >= 0.6 is 11.6 Å². The number of nitrogens with zero attached hydrogens (tertiary/aromatic N) is 1. The number of nitrogens with two attached hydrogens (primary N) is 1. The first-order valence-electron chi connectivity index (χ1n) is 6.47. The summed E-state index contributed by atoms with van der Waals surface area (Å²) in [5, 5.41) is 9.61. The van der Waals surface area contributed by atoms with Gasteiger partial charge in [-0.25, -0.2) is 0 Å². The number of likely N-dealkylation sites (tertiary alicyclic amines) is 1. The lowest BCUT2D eigenvalue weighted by molar-refractivity contribution is -0.138. The van der Waals surface area contributed by atoms with Crippen molar-refractivity contribution >= 4 is 17.6 Å². The maximum Gasteiger partial charge on any atom is 0.303 e. The SMILES string of the molecule is NC1CC(CC(=O)O)CN(Cc2cccc(Cl)c2)C1. The zero-order valence-corrected chi connectivity index (χ0v) is 11.5. The molecule has 0 saturated carbocycles. The van der Waals surface area contributed by atoms with E-state index in [9.17, 15) is 4.79 Å². The third-order valence-corrected chi connectivity index (χ3v) is 3.64. The van der Waals surface area contributed by atoms with Crippen molar-refractivity contribution in [3.05, 3.63) is 34.9 Å². The van der Waals surface area contributed by atoms with E-state index >= 15 is 0 Å². The second-order valence-electron chi connectivity index (χ2n) is 5.28. The first-order chi connectivity index (χ1) is 9.02. The molecule has 1 saturated heterocycles. The Morgan fingerprint density at radius 2 is 2.26 bits per heavy atom. The molecule has 1 heterocycles. The topological polar surface area (TPSA) is 66.6 Å². The van der Waals surface area contributed by atoms with Crippen LogP contribution in [0.3, 0.4) is 0 Å². The maximum atomic E-state index is 10.8. The molecule has 1 aromatic rings.